The van der Waals surface area contributed by atoms with Crippen molar-refractivity contribution in [3.8, 4) is 0 Å². The highest BCUT2D eigenvalue weighted by molar-refractivity contribution is 5.08. The van der Waals surface area contributed by atoms with Crippen molar-refractivity contribution in [1.82, 2.24) is 20.2 Å². The Balaban J connectivity index is 1.79. The van der Waals surface area contributed by atoms with Gasteiger partial charge in [-0.05, 0) is 20.8 Å². The van der Waals surface area contributed by atoms with Crippen LogP contribution in [0.25, 0.3) is 0 Å². The number of nitrogens with one attached hydrogen (secondary N) is 2. The highest BCUT2D eigenvalue weighted by atomic mass is 16.5. The molecule has 0 unspecified atom stereocenters. The molecule has 5 nitrogen and oxygen atoms in total. The highest BCUT2D eigenvalue weighted by Crippen LogP contribution is 2.15. The summed E-state index contributed by atoms with van der Waals surface area (Å²) in [6.07, 6.45) is 1.75. The predicted molar refractivity (Wildman–Crippen MR) is 71.5 cm³/mol. The van der Waals surface area contributed by atoms with Crippen molar-refractivity contribution in [3.05, 3.63) is 17.7 Å². The topological polar surface area (TPSA) is 53.2 Å². The number of aryl methyl sites for hydroxylation is 1. The number of H-pyrrole nitrogens is 1. The Morgan fingerprint density at radius 2 is 2.17 bits per heavy atom. The first-order valence-corrected chi connectivity index (χ1v) is 6.62. The second-order valence-electron chi connectivity index (χ2n) is 5.49. The van der Waals surface area contributed by atoms with Gasteiger partial charge in [0.05, 0.1) is 25.2 Å². The van der Waals surface area contributed by atoms with Crippen LogP contribution in [-0.2, 0) is 11.3 Å². The van der Waals surface area contributed by atoms with Gasteiger partial charge < -0.3 is 15.0 Å². The molecule has 102 valence electrons. The van der Waals surface area contributed by atoms with Crippen molar-refractivity contribution in [1.29, 1.82) is 0 Å². The van der Waals surface area contributed by atoms with Crippen LogP contribution >= 0.6 is 0 Å². The van der Waals surface area contributed by atoms with Gasteiger partial charge in [-0.25, -0.2) is 4.98 Å². The molecule has 0 saturated carbocycles. The van der Waals surface area contributed by atoms with Crippen molar-refractivity contribution >= 4 is 0 Å². The number of ether oxygens (including phenoxy) is 1. The Morgan fingerprint density at radius 1 is 1.44 bits per heavy atom. The van der Waals surface area contributed by atoms with Gasteiger partial charge in [0.2, 0.25) is 0 Å². The molecular formula is C13H24N4O. The summed E-state index contributed by atoms with van der Waals surface area (Å²) in [5.41, 5.74) is 2.41. The summed E-state index contributed by atoms with van der Waals surface area (Å²) in [6.45, 7) is 12.1. The van der Waals surface area contributed by atoms with Crippen molar-refractivity contribution < 1.29 is 4.74 Å². The average molecular weight is 252 g/mol. The Morgan fingerprint density at radius 3 is 2.78 bits per heavy atom. The van der Waals surface area contributed by atoms with E-state index in [-0.39, 0.29) is 5.54 Å². The van der Waals surface area contributed by atoms with Gasteiger partial charge in [0.25, 0.3) is 0 Å². The maximum atomic E-state index is 5.40. The third kappa shape index (κ3) is 3.31. The number of morpholine rings is 1. The van der Waals surface area contributed by atoms with Crippen LogP contribution in [0.2, 0.25) is 0 Å². The van der Waals surface area contributed by atoms with Crippen molar-refractivity contribution in [2.45, 2.75) is 32.9 Å². The molecule has 1 saturated heterocycles. The SMILES string of the molecule is Cc1[nH]cnc1CNCC(C)(C)N1CCOCC1. The molecular weight excluding hydrogens is 228 g/mol. The molecule has 1 aromatic rings. The summed E-state index contributed by atoms with van der Waals surface area (Å²) in [5.74, 6) is 0. The molecule has 1 aromatic heterocycles. The summed E-state index contributed by atoms with van der Waals surface area (Å²) < 4.78 is 5.40. The monoisotopic (exact) mass is 252 g/mol. The number of imidazole rings is 1. The van der Waals surface area contributed by atoms with Crippen molar-refractivity contribution in [3.63, 3.8) is 0 Å². The van der Waals surface area contributed by atoms with Gasteiger partial charge >= 0.3 is 0 Å². The van der Waals surface area contributed by atoms with Gasteiger partial charge in [-0.15, -0.1) is 0 Å². The number of hydrogen-bond donors (Lipinski definition) is 2. The number of hydrogen-bond acceptors (Lipinski definition) is 4. The maximum absolute atomic E-state index is 5.40. The van der Waals surface area contributed by atoms with Gasteiger partial charge in [-0.1, -0.05) is 0 Å². The molecule has 2 heterocycles. The smallest absolute Gasteiger partial charge is 0.0925 e. The predicted octanol–water partition coefficient (Wildman–Crippen LogP) is 0.919. The molecule has 0 aliphatic carbocycles. The van der Waals surface area contributed by atoms with Crippen molar-refractivity contribution in [2.75, 3.05) is 32.8 Å². The molecule has 0 amide bonds. The maximum Gasteiger partial charge on any atom is 0.0925 e. The summed E-state index contributed by atoms with van der Waals surface area (Å²) >= 11 is 0. The Bertz CT molecular complexity index is 369. The van der Waals surface area contributed by atoms with Crippen molar-refractivity contribution in [2.24, 2.45) is 0 Å². The van der Waals surface area contributed by atoms with E-state index in [1.165, 1.54) is 0 Å². The third-order valence-corrected chi connectivity index (χ3v) is 3.65. The minimum Gasteiger partial charge on any atom is -0.379 e. The van der Waals surface area contributed by atoms with E-state index in [1.54, 1.807) is 6.33 Å². The number of nitrogens with zero attached hydrogens (tertiary/aromatic N) is 2. The Labute approximate surface area is 109 Å². The first-order chi connectivity index (χ1) is 8.59. The third-order valence-electron chi connectivity index (χ3n) is 3.65. The van der Waals surface area contributed by atoms with Crippen LogP contribution in [0, 0.1) is 6.92 Å². The molecule has 5 heteroatoms. The van der Waals surface area contributed by atoms with Crippen LogP contribution in [0.4, 0.5) is 0 Å². The van der Waals surface area contributed by atoms with Gasteiger partial charge in [0.15, 0.2) is 0 Å². The molecule has 2 N–H and O–H groups in total. The number of aromatic nitrogens is 2. The molecule has 1 aliphatic rings. The van der Waals surface area contributed by atoms with Crippen LogP contribution in [0.5, 0.6) is 0 Å². The van der Waals surface area contributed by atoms with Gasteiger partial charge in [0, 0.05) is 37.4 Å². The fourth-order valence-corrected chi connectivity index (χ4v) is 2.33. The summed E-state index contributed by atoms with van der Waals surface area (Å²) in [7, 11) is 0. The lowest BCUT2D eigenvalue weighted by molar-refractivity contribution is -0.00969. The van der Waals surface area contributed by atoms with Crippen LogP contribution in [0.15, 0.2) is 6.33 Å². The molecule has 0 atom stereocenters. The van der Waals surface area contributed by atoms with E-state index in [0.29, 0.717) is 0 Å². The van der Waals surface area contributed by atoms with Crippen LogP contribution < -0.4 is 5.32 Å². The largest absolute Gasteiger partial charge is 0.379 e. The molecule has 0 bridgehead atoms. The molecule has 2 rings (SSSR count). The van der Waals surface area contributed by atoms with E-state index in [1.807, 2.05) is 0 Å². The van der Waals surface area contributed by atoms with Gasteiger partial charge in [-0.3, -0.25) is 4.90 Å². The lowest BCUT2D eigenvalue weighted by Crippen LogP contribution is -2.54. The van der Waals surface area contributed by atoms with Gasteiger partial charge in [-0.2, -0.15) is 0 Å². The minimum atomic E-state index is 0.161. The van der Waals surface area contributed by atoms with E-state index in [4.69, 9.17) is 4.74 Å². The van der Waals surface area contributed by atoms with E-state index < -0.39 is 0 Å². The fourth-order valence-electron chi connectivity index (χ4n) is 2.33. The molecule has 0 aromatic carbocycles. The lowest BCUT2D eigenvalue weighted by Gasteiger charge is -2.41. The molecule has 1 aliphatic heterocycles. The lowest BCUT2D eigenvalue weighted by atomic mass is 10.0. The van der Waals surface area contributed by atoms with Crippen LogP contribution in [-0.4, -0.2) is 53.3 Å². The van der Waals surface area contributed by atoms with Gasteiger partial charge in [0.1, 0.15) is 0 Å². The Hall–Kier alpha value is -0.910. The summed E-state index contributed by atoms with van der Waals surface area (Å²) in [4.78, 5) is 9.88. The molecule has 18 heavy (non-hydrogen) atoms. The zero-order chi connectivity index (χ0) is 13.0. The fraction of sp³-hybridized carbons (Fsp3) is 0.769. The molecule has 0 radical (unpaired) electrons. The summed E-state index contributed by atoms with van der Waals surface area (Å²) in [6, 6.07) is 0. The van der Waals surface area contributed by atoms with Crippen LogP contribution in [0.1, 0.15) is 25.2 Å². The number of rotatable bonds is 5. The normalized spacial score (nSPS) is 18.2. The van der Waals surface area contributed by atoms with E-state index >= 15 is 0 Å². The first-order valence-electron chi connectivity index (χ1n) is 6.62. The Kier molecular flexibility index (Phi) is 4.37. The van der Waals surface area contributed by atoms with E-state index in [9.17, 15) is 0 Å². The number of aromatic amines is 1. The second-order valence-corrected chi connectivity index (χ2v) is 5.49. The standard InChI is InChI=1S/C13H24N4O/c1-11-12(16-10-15-11)8-14-9-13(2,3)17-4-6-18-7-5-17/h10,14H,4-9H2,1-3H3,(H,15,16). The molecule has 1 fully saturated rings. The summed E-state index contributed by atoms with van der Waals surface area (Å²) in [5, 5.41) is 3.50. The van der Waals surface area contributed by atoms with Crippen LogP contribution in [0.3, 0.4) is 0 Å². The zero-order valence-corrected chi connectivity index (χ0v) is 11.6. The second kappa shape index (κ2) is 5.82. The highest BCUT2D eigenvalue weighted by Gasteiger charge is 2.27. The first kappa shape index (κ1) is 13.5. The average Bonchev–Trinajstić information content (AvgIpc) is 2.76. The quantitative estimate of drug-likeness (QED) is 0.818. The zero-order valence-electron chi connectivity index (χ0n) is 11.6. The van der Waals surface area contributed by atoms with E-state index in [0.717, 1.165) is 50.8 Å². The minimum absolute atomic E-state index is 0.161. The molecule has 0 spiro atoms. The van der Waals surface area contributed by atoms with E-state index in [2.05, 4.69) is 41.0 Å².